The van der Waals surface area contributed by atoms with Crippen molar-refractivity contribution >= 4 is 85.8 Å². The normalized spacial score (nSPS) is 16.1. The number of carbonyl (C=O) groups excluding carboxylic acids is 2. The molecule has 0 bridgehead atoms. The first-order valence-corrected chi connectivity index (χ1v) is 11.7. The number of nitrogens with zero attached hydrogens (tertiary/aromatic N) is 1. The van der Waals surface area contributed by atoms with Gasteiger partial charge in [0.25, 0.3) is 5.91 Å². The van der Waals surface area contributed by atoms with E-state index in [0.717, 1.165) is 12.7 Å². The fraction of sp³-hybridized carbons (Fsp3) is 0.150. The van der Waals surface area contributed by atoms with Gasteiger partial charge in [-0.15, -0.1) is 0 Å². The van der Waals surface area contributed by atoms with E-state index in [1.165, 1.54) is 36.0 Å². The maximum Gasteiger partial charge on any atom is 0.344 e. The van der Waals surface area contributed by atoms with E-state index in [-0.39, 0.29) is 18.3 Å². The van der Waals surface area contributed by atoms with Gasteiger partial charge in [-0.05, 0) is 112 Å². The van der Waals surface area contributed by atoms with Gasteiger partial charge in [0.05, 0.1) is 24.3 Å². The molecule has 1 heterocycles. The molecule has 0 aromatic heterocycles. The van der Waals surface area contributed by atoms with E-state index < -0.39 is 5.97 Å². The number of carbonyl (C=O) groups is 2. The number of ether oxygens (including phenoxy) is 2. The van der Waals surface area contributed by atoms with E-state index in [2.05, 4.69) is 55.5 Å². The number of nitrogens with one attached hydrogen (secondary N) is 1. The standard InChI is InChI=1S/C20H15FI2N2O4S/c1-2-28-17(26)10-29-18-14(22)7-11(8-15(18)23)9-16-19(27)25-20(30-16)24-13-5-3-12(21)4-6-13/h3-9H,2,10H2,1H3,(H,24,25,27)/b16-9+. The number of thioether (sulfide) groups is 1. The molecule has 10 heteroatoms. The quantitative estimate of drug-likeness (QED) is 0.274. The minimum Gasteiger partial charge on any atom is -0.480 e. The molecular weight excluding hydrogens is 637 g/mol. The minimum absolute atomic E-state index is 0.165. The Labute approximate surface area is 204 Å². The smallest absolute Gasteiger partial charge is 0.344 e. The number of esters is 1. The van der Waals surface area contributed by atoms with Gasteiger partial charge < -0.3 is 14.8 Å². The SMILES string of the molecule is CCOC(=O)COc1c(I)cc(/C=C2/SC(=Nc3ccc(F)cc3)NC2=O)cc1I. The van der Waals surface area contributed by atoms with Crippen LogP contribution in [-0.4, -0.2) is 30.3 Å². The predicted molar refractivity (Wildman–Crippen MR) is 131 cm³/mol. The third kappa shape index (κ3) is 6.17. The fourth-order valence-electron chi connectivity index (χ4n) is 2.40. The predicted octanol–water partition coefficient (Wildman–Crippen LogP) is 4.87. The molecule has 0 unspecified atom stereocenters. The minimum atomic E-state index is -0.428. The first-order valence-electron chi connectivity index (χ1n) is 8.68. The van der Waals surface area contributed by atoms with Crippen LogP contribution in [0.5, 0.6) is 5.75 Å². The van der Waals surface area contributed by atoms with Crippen molar-refractivity contribution in [3.8, 4) is 5.75 Å². The molecule has 0 aliphatic carbocycles. The lowest BCUT2D eigenvalue weighted by atomic mass is 10.2. The van der Waals surface area contributed by atoms with Crippen LogP contribution in [0.4, 0.5) is 10.1 Å². The van der Waals surface area contributed by atoms with Gasteiger partial charge in [0.15, 0.2) is 11.8 Å². The van der Waals surface area contributed by atoms with E-state index in [0.29, 0.717) is 28.1 Å². The van der Waals surface area contributed by atoms with Gasteiger partial charge in [0.2, 0.25) is 0 Å². The van der Waals surface area contributed by atoms with E-state index in [1.807, 2.05) is 12.1 Å². The van der Waals surface area contributed by atoms with Crippen molar-refractivity contribution in [2.45, 2.75) is 6.92 Å². The van der Waals surface area contributed by atoms with Crippen LogP contribution in [0.1, 0.15) is 12.5 Å². The number of hydrogen-bond donors (Lipinski definition) is 1. The summed E-state index contributed by atoms with van der Waals surface area (Å²) in [5, 5.41) is 3.13. The number of aliphatic imine (C=N–C) groups is 1. The zero-order valence-corrected chi connectivity index (χ0v) is 20.7. The van der Waals surface area contributed by atoms with Crippen molar-refractivity contribution in [1.29, 1.82) is 0 Å². The third-order valence-electron chi connectivity index (χ3n) is 3.67. The van der Waals surface area contributed by atoms with Crippen LogP contribution in [0.15, 0.2) is 46.3 Å². The average molecular weight is 652 g/mol. The molecule has 0 spiro atoms. The third-order valence-corrected chi connectivity index (χ3v) is 6.18. The van der Waals surface area contributed by atoms with Gasteiger partial charge in [0, 0.05) is 0 Å². The van der Waals surface area contributed by atoms with Crippen LogP contribution in [0.25, 0.3) is 6.08 Å². The van der Waals surface area contributed by atoms with Crippen molar-refractivity contribution < 1.29 is 23.5 Å². The van der Waals surface area contributed by atoms with E-state index in [9.17, 15) is 14.0 Å². The number of benzene rings is 2. The highest BCUT2D eigenvalue weighted by Crippen LogP contribution is 2.32. The number of rotatable bonds is 6. The summed E-state index contributed by atoms with van der Waals surface area (Å²) in [7, 11) is 0. The summed E-state index contributed by atoms with van der Waals surface area (Å²) in [6.45, 7) is 1.87. The molecular formula is C20H15FI2N2O4S. The van der Waals surface area contributed by atoms with Gasteiger partial charge in [-0.2, -0.15) is 0 Å². The van der Waals surface area contributed by atoms with Gasteiger partial charge >= 0.3 is 5.97 Å². The molecule has 2 aromatic carbocycles. The molecule has 6 nitrogen and oxygen atoms in total. The molecule has 0 saturated carbocycles. The zero-order chi connectivity index (χ0) is 21.7. The Morgan fingerprint density at radius 1 is 1.23 bits per heavy atom. The summed E-state index contributed by atoms with van der Waals surface area (Å²) in [6.07, 6.45) is 1.76. The topological polar surface area (TPSA) is 77.0 Å². The van der Waals surface area contributed by atoms with Crippen LogP contribution in [0.3, 0.4) is 0 Å². The summed E-state index contributed by atoms with van der Waals surface area (Å²) < 4.78 is 25.1. The van der Waals surface area contributed by atoms with Crippen molar-refractivity contribution in [3.63, 3.8) is 0 Å². The Bertz CT molecular complexity index is 1020. The summed E-state index contributed by atoms with van der Waals surface area (Å²) in [5.74, 6) is -0.439. The Kier molecular flexibility index (Phi) is 8.11. The highest BCUT2D eigenvalue weighted by atomic mass is 127. The summed E-state index contributed by atoms with van der Waals surface area (Å²) >= 11 is 5.45. The number of amidine groups is 1. The molecule has 3 rings (SSSR count). The average Bonchev–Trinajstić information content (AvgIpc) is 3.02. The molecule has 1 amide bonds. The molecule has 30 heavy (non-hydrogen) atoms. The highest BCUT2D eigenvalue weighted by Gasteiger charge is 2.24. The van der Waals surface area contributed by atoms with Crippen molar-refractivity contribution in [2.24, 2.45) is 4.99 Å². The summed E-state index contributed by atoms with van der Waals surface area (Å²) in [6, 6.07) is 9.42. The lowest BCUT2D eigenvalue weighted by molar-refractivity contribution is -0.145. The maximum atomic E-state index is 13.0. The molecule has 2 aromatic rings. The molecule has 0 radical (unpaired) electrons. The largest absolute Gasteiger partial charge is 0.480 e. The second-order valence-corrected chi connectivity index (χ2v) is 9.22. The first kappa shape index (κ1) is 23.0. The maximum absolute atomic E-state index is 13.0. The lowest BCUT2D eigenvalue weighted by Crippen LogP contribution is -2.19. The number of hydrogen-bond acceptors (Lipinski definition) is 6. The number of halogens is 3. The molecule has 1 fully saturated rings. The van der Waals surface area contributed by atoms with Gasteiger partial charge in [-0.3, -0.25) is 4.79 Å². The van der Waals surface area contributed by atoms with Crippen LogP contribution < -0.4 is 10.1 Å². The summed E-state index contributed by atoms with van der Waals surface area (Å²) in [5.41, 5.74) is 1.36. The Hall–Kier alpha value is -1.67. The Morgan fingerprint density at radius 2 is 1.90 bits per heavy atom. The molecule has 0 atom stereocenters. The van der Waals surface area contributed by atoms with Crippen LogP contribution in [0, 0.1) is 13.0 Å². The number of amides is 1. The summed E-state index contributed by atoms with van der Waals surface area (Å²) in [4.78, 5) is 28.6. The van der Waals surface area contributed by atoms with Crippen LogP contribution in [-0.2, 0) is 14.3 Å². The van der Waals surface area contributed by atoms with Gasteiger partial charge in [-0.1, -0.05) is 0 Å². The van der Waals surface area contributed by atoms with Gasteiger partial charge in [-0.25, -0.2) is 14.2 Å². The first-order chi connectivity index (χ1) is 14.4. The van der Waals surface area contributed by atoms with Crippen LogP contribution >= 0.6 is 56.9 Å². The highest BCUT2D eigenvalue weighted by molar-refractivity contribution is 14.1. The molecule has 1 aliphatic rings. The van der Waals surface area contributed by atoms with Crippen molar-refractivity contribution in [3.05, 3.63) is 59.8 Å². The molecule has 1 aliphatic heterocycles. The molecule has 1 N–H and O–H groups in total. The van der Waals surface area contributed by atoms with Gasteiger partial charge in [0.1, 0.15) is 11.6 Å². The molecule has 1 saturated heterocycles. The lowest BCUT2D eigenvalue weighted by Gasteiger charge is -2.11. The fourth-order valence-corrected chi connectivity index (χ4v) is 5.37. The van der Waals surface area contributed by atoms with E-state index in [4.69, 9.17) is 9.47 Å². The second kappa shape index (κ2) is 10.6. The van der Waals surface area contributed by atoms with E-state index >= 15 is 0 Å². The van der Waals surface area contributed by atoms with E-state index in [1.54, 1.807) is 13.0 Å². The van der Waals surface area contributed by atoms with Crippen molar-refractivity contribution in [1.82, 2.24) is 5.32 Å². The monoisotopic (exact) mass is 652 g/mol. The van der Waals surface area contributed by atoms with Crippen molar-refractivity contribution in [2.75, 3.05) is 13.2 Å². The Balaban J connectivity index is 1.75. The Morgan fingerprint density at radius 3 is 2.53 bits per heavy atom. The van der Waals surface area contributed by atoms with Crippen LogP contribution in [0.2, 0.25) is 0 Å². The zero-order valence-electron chi connectivity index (χ0n) is 15.6. The second-order valence-electron chi connectivity index (χ2n) is 5.87. The molecule has 156 valence electrons.